The van der Waals surface area contributed by atoms with Crippen molar-refractivity contribution in [2.45, 2.75) is 136 Å². The number of ether oxygens (including phenoxy) is 1. The van der Waals surface area contributed by atoms with E-state index >= 15 is 17.6 Å². The van der Waals surface area contributed by atoms with E-state index < -0.39 is 92.8 Å². The summed E-state index contributed by atoms with van der Waals surface area (Å²) in [7, 11) is 0. The van der Waals surface area contributed by atoms with Crippen LogP contribution in [0.5, 0.6) is 0 Å². The molecule has 10 aliphatic rings. The molecule has 3 N–H and O–H groups in total. The van der Waals surface area contributed by atoms with E-state index in [0.717, 1.165) is 22.3 Å². The number of Topliss-reactive ketones (excluding diaryl/α,β-unsaturated/α-hetero) is 2. The minimum absolute atomic E-state index is 0. The van der Waals surface area contributed by atoms with Crippen LogP contribution in [0.3, 0.4) is 0 Å². The molecule has 6 saturated carbocycles. The van der Waals surface area contributed by atoms with Gasteiger partial charge >= 0.3 is 109 Å². The van der Waals surface area contributed by atoms with Gasteiger partial charge in [-0.2, -0.15) is 0 Å². The van der Waals surface area contributed by atoms with Gasteiger partial charge in [-0.3, -0.25) is 38.6 Å². The SMILES string of the molecule is CC(=O)OCC(=O)[C@@]12CN(Cc3cccc(C)c3)C[C@@H]1C[C@H]1[C@@H]3C[C@H](F)C4=CC(=O)C=C[C@]4(C)[C@@]3(F)[C@@H](O)C[C@@]12C.Cc1cccc(CN2C[C@@H]3C[C@H]4[C@@H]5C[C@H](F)C6=CC(=O)C=C[C@]6(C)[C@@]5(F)[C@@H](O)C[C@]4(C)[C@]3(C(=O)CO)C2)c1.O=CO[O-].[H-].[K+].[K+]. The van der Waals surface area contributed by atoms with Gasteiger partial charge in [-0.15, -0.1) is 0 Å². The summed E-state index contributed by atoms with van der Waals surface area (Å²) in [6.07, 6.45) is 2.75. The van der Waals surface area contributed by atoms with Gasteiger partial charge in [0.2, 0.25) is 0 Å². The Hall–Kier alpha value is -2.23. The number of halogens is 4. The third-order valence-corrected chi connectivity index (χ3v) is 23.0. The Kier molecular flexibility index (Phi) is 20.3. The number of nitrogens with zero attached hydrogens (tertiary/aromatic N) is 2. The Labute approximate surface area is 581 Å². The first-order chi connectivity index (χ1) is 39.1. The maximum atomic E-state index is 17.6. The number of hydrogen-bond donors (Lipinski definition) is 3. The summed E-state index contributed by atoms with van der Waals surface area (Å²) in [5.41, 5.74) is -6.07. The van der Waals surface area contributed by atoms with Crippen LogP contribution in [0.1, 0.15) is 96.8 Å². The number of rotatable bonds is 10. The molecule has 12 rings (SSSR count). The van der Waals surface area contributed by atoms with Crippen LogP contribution in [0, 0.1) is 81.8 Å². The van der Waals surface area contributed by atoms with Gasteiger partial charge in [0.1, 0.15) is 19.0 Å². The molecule has 0 bridgehead atoms. The number of likely N-dealkylation sites (tertiary alicyclic amines) is 2. The summed E-state index contributed by atoms with van der Waals surface area (Å²) >= 11 is 0. The number of aliphatic hydroxyl groups excluding tert-OH is 3. The second-order valence-corrected chi connectivity index (χ2v) is 26.8. The largest absolute Gasteiger partial charge is 1.00 e. The first kappa shape index (κ1) is 68.7. The molecule has 2 aromatic rings. The van der Waals surface area contributed by atoms with Gasteiger partial charge in [0.15, 0.2) is 41.1 Å². The van der Waals surface area contributed by atoms with Crippen molar-refractivity contribution in [1.29, 1.82) is 0 Å². The molecule has 0 aromatic heterocycles. The predicted molar refractivity (Wildman–Crippen MR) is 295 cm³/mol. The van der Waals surface area contributed by atoms with E-state index in [-0.39, 0.29) is 201 Å². The number of carbonyl (C=O) groups is 6. The second-order valence-electron chi connectivity index (χ2n) is 26.8. The standard InChI is InChI=1S/C33H39F2NO5.C31H37F2NO4.CH2O3.2K.H/c1-19-6-5-7-21(10-19)15-36-16-22-11-24-25-13-27(34)26-12-23(38)8-9-30(26,3)33(25,35)28(39)14-31(24,4)32(22,18-36)29(40)17-41-20(2)37;1-18-5-4-6-19(9-18)14-34-15-20-10-22-23-12-25(32)24-11-21(36)7-8-28(24,2)31(23,33)26(37)13-29(22,3)30(20,17-34)27(38)16-35;2-1-4-3;;;/h5-10,12,22,24-25,27-28,39H,11,13-18H2,1-4H3;4-9,11,20,22-23,25-26,35,37H,10,12-17H2,1-3H3;1,3H;;;/q;;;2*+1;-1/p-1/t22-,24-,25-,27-,28-,30-,31-,32+,33-;20-,22-,23-,25-,26-,28-,29-,30+,31-;;;;/m00..../s1. The number of carbonyl (C=O) groups excluding carboxylic acids is 6. The molecule has 0 unspecified atom stereocenters. The third-order valence-electron chi connectivity index (χ3n) is 23.0. The molecule has 0 radical (unpaired) electrons. The van der Waals surface area contributed by atoms with Crippen molar-refractivity contribution in [1.82, 2.24) is 9.80 Å². The van der Waals surface area contributed by atoms with Crippen LogP contribution < -0.4 is 108 Å². The van der Waals surface area contributed by atoms with Crippen molar-refractivity contribution in [3.8, 4) is 0 Å². The van der Waals surface area contributed by atoms with Gasteiger partial charge in [0.25, 0.3) is 6.47 Å². The Morgan fingerprint density at radius 1 is 0.694 bits per heavy atom. The molecule has 8 aliphatic carbocycles. The second kappa shape index (κ2) is 25.1. The van der Waals surface area contributed by atoms with Gasteiger partial charge in [-0.05, 0) is 147 Å². The van der Waals surface area contributed by atoms with E-state index in [1.807, 2.05) is 52.0 Å². The Morgan fingerprint density at radius 2 is 1.09 bits per heavy atom. The molecule has 20 heteroatoms. The van der Waals surface area contributed by atoms with E-state index in [2.05, 4.69) is 39.0 Å². The fourth-order valence-electron chi connectivity index (χ4n) is 19.6. The van der Waals surface area contributed by atoms with Crippen molar-refractivity contribution in [3.05, 3.63) is 118 Å². The maximum Gasteiger partial charge on any atom is 1.00 e. The fraction of sp³-hybridized carbons (Fsp3) is 0.600. The van der Waals surface area contributed by atoms with Crippen molar-refractivity contribution >= 4 is 35.6 Å². The quantitative estimate of drug-likeness (QED) is 0.0756. The average Bonchev–Trinajstić information content (AvgIpc) is 1.30. The number of allylic oxidation sites excluding steroid dienone is 8. The molecule has 450 valence electrons. The molecule has 85 heavy (non-hydrogen) atoms. The molecule has 14 nitrogen and oxygen atoms in total. The number of aliphatic hydroxyl groups is 3. The van der Waals surface area contributed by atoms with Gasteiger partial charge in [0, 0.05) is 68.9 Å². The minimum atomic E-state index is -2.19. The van der Waals surface area contributed by atoms with Crippen LogP contribution in [-0.2, 0) is 51.5 Å². The molecule has 8 fully saturated rings. The molecule has 2 aromatic carbocycles. The van der Waals surface area contributed by atoms with E-state index in [1.54, 1.807) is 13.8 Å². The summed E-state index contributed by atoms with van der Waals surface area (Å²) in [6.45, 7) is 14.6. The normalized spacial score (nSPS) is 41.4. The average molecular weight is 1230 g/mol. The molecule has 0 amide bonds. The summed E-state index contributed by atoms with van der Waals surface area (Å²) < 4.78 is 71.9. The zero-order valence-corrected chi connectivity index (χ0v) is 56.5. The topological polar surface area (TPSA) is 211 Å². The van der Waals surface area contributed by atoms with Gasteiger partial charge < -0.3 is 31.6 Å². The van der Waals surface area contributed by atoms with Crippen LogP contribution in [-0.4, -0.2) is 136 Å². The summed E-state index contributed by atoms with van der Waals surface area (Å²) in [5.74, 6) is -4.42. The number of ketones is 4. The Balaban J connectivity index is 0.000000225. The van der Waals surface area contributed by atoms with Crippen LogP contribution in [0.4, 0.5) is 17.6 Å². The molecule has 18 atom stereocenters. The van der Waals surface area contributed by atoms with E-state index in [1.165, 1.54) is 43.4 Å². The van der Waals surface area contributed by atoms with Gasteiger partial charge in [-0.1, -0.05) is 85.7 Å². The van der Waals surface area contributed by atoms with Gasteiger partial charge in [-0.25, -0.2) is 17.6 Å². The number of aryl methyl sites for hydroxylation is 2. The number of fused-ring (bicyclic) bond motifs is 14. The maximum absolute atomic E-state index is 17.6. The van der Waals surface area contributed by atoms with E-state index in [4.69, 9.17) is 14.8 Å². The first-order valence-electron chi connectivity index (χ1n) is 29.1. The Morgan fingerprint density at radius 3 is 1.46 bits per heavy atom. The van der Waals surface area contributed by atoms with E-state index in [9.17, 15) is 39.3 Å². The summed E-state index contributed by atoms with van der Waals surface area (Å²) in [5, 5.41) is 41.9. The van der Waals surface area contributed by atoms with Crippen LogP contribution >= 0.6 is 0 Å². The minimum Gasteiger partial charge on any atom is -1.00 e. The fourth-order valence-corrected chi connectivity index (χ4v) is 19.6. The molecule has 2 aliphatic heterocycles. The van der Waals surface area contributed by atoms with Crippen molar-refractivity contribution in [3.63, 3.8) is 0 Å². The molecular weight excluding hydrogens is 1150 g/mol. The zero-order chi connectivity index (χ0) is 60.2. The molecular formula is C65H78F4K2N2O12. The van der Waals surface area contributed by atoms with Crippen LogP contribution in [0.15, 0.2) is 96.1 Å². The Bertz CT molecular complexity index is 3130. The van der Waals surface area contributed by atoms with Crippen LogP contribution in [0.25, 0.3) is 0 Å². The predicted octanol–water partition coefficient (Wildman–Crippen LogP) is 0.933. The first-order valence-corrected chi connectivity index (χ1v) is 29.1. The number of alkyl halides is 4. The van der Waals surface area contributed by atoms with E-state index in [0.29, 0.717) is 52.1 Å². The smallest absolute Gasteiger partial charge is 1.00 e. The van der Waals surface area contributed by atoms with Crippen molar-refractivity contribution in [2.24, 2.45) is 68.0 Å². The molecule has 0 spiro atoms. The van der Waals surface area contributed by atoms with Crippen molar-refractivity contribution < 1.29 is 181 Å². The molecule has 2 heterocycles. The van der Waals surface area contributed by atoms with Gasteiger partial charge in [0.05, 0.1) is 23.0 Å². The number of benzene rings is 2. The molecule has 2 saturated heterocycles. The van der Waals surface area contributed by atoms with Crippen molar-refractivity contribution in [2.75, 3.05) is 39.4 Å². The number of esters is 1. The zero-order valence-electron chi connectivity index (χ0n) is 51.3. The number of hydrogen-bond acceptors (Lipinski definition) is 14. The third kappa shape index (κ3) is 10.6. The summed E-state index contributed by atoms with van der Waals surface area (Å²) in [4.78, 5) is 79.5. The van der Waals surface area contributed by atoms with Crippen LogP contribution in [0.2, 0.25) is 0 Å². The summed E-state index contributed by atoms with van der Waals surface area (Å²) in [6, 6.07) is 16.4. The monoisotopic (exact) mass is 1230 g/mol.